The molecule has 0 saturated carbocycles. The second-order valence-electron chi connectivity index (χ2n) is 5.62. The average molecular weight is 292 g/mol. The van der Waals surface area contributed by atoms with Crippen LogP contribution in [0.15, 0.2) is 47.1 Å². The standard InChI is InChI=1S/C19H32O2/c1-17(10-6-4-5-7-15-20)11-8-12-18(2)13-9-14-19(3)16-21/h5,7,10,12,14,20-21H,4,6,8-9,11,13,15-16H2,1-3H3. The van der Waals surface area contributed by atoms with Crippen LogP contribution in [0.1, 0.15) is 59.3 Å². The molecule has 2 nitrogen and oxygen atoms in total. The first-order valence-corrected chi connectivity index (χ1v) is 7.93. The smallest absolute Gasteiger partial charge is 0.0639 e. The maximum Gasteiger partial charge on any atom is 0.0639 e. The van der Waals surface area contributed by atoms with E-state index < -0.39 is 0 Å². The zero-order chi connectivity index (χ0) is 15.9. The van der Waals surface area contributed by atoms with Gasteiger partial charge in [0.2, 0.25) is 0 Å². The first-order chi connectivity index (χ1) is 10.1. The molecule has 0 unspecified atom stereocenters. The van der Waals surface area contributed by atoms with Crippen LogP contribution in [-0.2, 0) is 0 Å². The van der Waals surface area contributed by atoms with E-state index in [1.165, 1.54) is 11.1 Å². The van der Waals surface area contributed by atoms with E-state index in [0.717, 1.165) is 44.1 Å². The van der Waals surface area contributed by atoms with Gasteiger partial charge in [-0.1, -0.05) is 47.1 Å². The van der Waals surface area contributed by atoms with Crippen LogP contribution < -0.4 is 0 Å². The SMILES string of the molecule is CC(=CCCC(C)=CCCC(C)=CCCC=CCO)CO. The second-order valence-corrected chi connectivity index (χ2v) is 5.62. The summed E-state index contributed by atoms with van der Waals surface area (Å²) in [4.78, 5) is 0. The Balaban J connectivity index is 3.86. The predicted molar refractivity (Wildman–Crippen MR) is 92.3 cm³/mol. The van der Waals surface area contributed by atoms with Crippen molar-refractivity contribution < 1.29 is 10.2 Å². The fourth-order valence-electron chi connectivity index (χ4n) is 1.98. The van der Waals surface area contributed by atoms with Gasteiger partial charge in [0, 0.05) is 0 Å². The zero-order valence-corrected chi connectivity index (χ0v) is 13.9. The van der Waals surface area contributed by atoms with Crippen LogP contribution in [0.25, 0.3) is 0 Å². The Morgan fingerprint density at radius 1 is 0.667 bits per heavy atom. The number of allylic oxidation sites excluding steroid dienone is 6. The molecule has 0 aromatic carbocycles. The second kappa shape index (κ2) is 13.8. The fraction of sp³-hybridized carbons (Fsp3) is 0.579. The summed E-state index contributed by atoms with van der Waals surface area (Å²) in [6.45, 7) is 6.64. The number of unbranched alkanes of at least 4 members (excludes halogenated alkanes) is 1. The minimum absolute atomic E-state index is 0.139. The molecule has 2 N–H and O–H groups in total. The Kier molecular flexibility index (Phi) is 13.1. The van der Waals surface area contributed by atoms with E-state index in [4.69, 9.17) is 10.2 Å². The summed E-state index contributed by atoms with van der Waals surface area (Å²) in [6.07, 6.45) is 16.9. The molecule has 120 valence electrons. The van der Waals surface area contributed by atoms with Gasteiger partial charge in [-0.15, -0.1) is 0 Å². The summed E-state index contributed by atoms with van der Waals surface area (Å²) in [5.41, 5.74) is 3.92. The van der Waals surface area contributed by atoms with Crippen LogP contribution in [0.2, 0.25) is 0 Å². The summed E-state index contributed by atoms with van der Waals surface area (Å²) in [5.74, 6) is 0. The van der Waals surface area contributed by atoms with Crippen LogP contribution in [-0.4, -0.2) is 23.4 Å². The Bertz CT molecular complexity index is 373. The van der Waals surface area contributed by atoms with Gasteiger partial charge in [-0.3, -0.25) is 0 Å². The third-order valence-electron chi connectivity index (χ3n) is 3.41. The molecule has 0 radical (unpaired) electrons. The van der Waals surface area contributed by atoms with E-state index in [1.54, 1.807) is 6.08 Å². The average Bonchev–Trinajstić information content (AvgIpc) is 2.46. The van der Waals surface area contributed by atoms with Crippen molar-refractivity contribution in [1.29, 1.82) is 0 Å². The molecule has 0 spiro atoms. The molecule has 0 rings (SSSR count). The monoisotopic (exact) mass is 292 g/mol. The molecule has 0 atom stereocenters. The molecule has 0 aromatic rings. The van der Waals surface area contributed by atoms with E-state index in [1.807, 2.05) is 13.0 Å². The maximum absolute atomic E-state index is 8.92. The Morgan fingerprint density at radius 3 is 1.71 bits per heavy atom. The van der Waals surface area contributed by atoms with Crippen LogP contribution >= 0.6 is 0 Å². The largest absolute Gasteiger partial charge is 0.392 e. The van der Waals surface area contributed by atoms with Gasteiger partial charge in [0.05, 0.1) is 13.2 Å². The van der Waals surface area contributed by atoms with Gasteiger partial charge in [-0.25, -0.2) is 0 Å². The third kappa shape index (κ3) is 13.6. The van der Waals surface area contributed by atoms with Crippen molar-refractivity contribution in [2.45, 2.75) is 59.3 Å². The highest BCUT2D eigenvalue weighted by molar-refractivity contribution is 5.06. The van der Waals surface area contributed by atoms with E-state index in [9.17, 15) is 0 Å². The topological polar surface area (TPSA) is 40.5 Å². The summed E-state index contributed by atoms with van der Waals surface area (Å²) in [6, 6.07) is 0. The lowest BCUT2D eigenvalue weighted by Gasteiger charge is -2.01. The molecule has 0 fully saturated rings. The van der Waals surface area contributed by atoms with Gasteiger partial charge in [0.25, 0.3) is 0 Å². The highest BCUT2D eigenvalue weighted by Crippen LogP contribution is 2.12. The highest BCUT2D eigenvalue weighted by Gasteiger charge is 1.92. The zero-order valence-electron chi connectivity index (χ0n) is 13.9. The van der Waals surface area contributed by atoms with Crippen molar-refractivity contribution in [3.63, 3.8) is 0 Å². The molecule has 0 aromatic heterocycles. The lowest BCUT2D eigenvalue weighted by Crippen LogP contribution is -1.84. The Morgan fingerprint density at radius 2 is 1.19 bits per heavy atom. The molecule has 0 saturated heterocycles. The van der Waals surface area contributed by atoms with Gasteiger partial charge < -0.3 is 10.2 Å². The molecule has 0 amide bonds. The summed E-state index contributed by atoms with van der Waals surface area (Å²) < 4.78 is 0. The first-order valence-electron chi connectivity index (χ1n) is 7.93. The normalized spacial score (nSPS) is 14.2. The van der Waals surface area contributed by atoms with Crippen molar-refractivity contribution in [3.8, 4) is 0 Å². The van der Waals surface area contributed by atoms with Crippen molar-refractivity contribution in [2.75, 3.05) is 13.2 Å². The van der Waals surface area contributed by atoms with Crippen LogP contribution in [0, 0.1) is 0 Å². The molecule has 0 heterocycles. The number of hydrogen-bond acceptors (Lipinski definition) is 2. The van der Waals surface area contributed by atoms with Gasteiger partial charge >= 0.3 is 0 Å². The molecule has 0 aliphatic rings. The van der Waals surface area contributed by atoms with Gasteiger partial charge in [0.15, 0.2) is 0 Å². The first kappa shape index (κ1) is 19.9. The van der Waals surface area contributed by atoms with Crippen molar-refractivity contribution in [3.05, 3.63) is 47.1 Å². The van der Waals surface area contributed by atoms with Gasteiger partial charge in [-0.2, -0.15) is 0 Å². The van der Waals surface area contributed by atoms with Crippen molar-refractivity contribution in [2.24, 2.45) is 0 Å². The number of aliphatic hydroxyl groups is 2. The van der Waals surface area contributed by atoms with Crippen LogP contribution in [0.5, 0.6) is 0 Å². The lowest BCUT2D eigenvalue weighted by molar-refractivity contribution is 0.331. The summed E-state index contributed by atoms with van der Waals surface area (Å²) in [7, 11) is 0. The number of rotatable bonds is 11. The lowest BCUT2D eigenvalue weighted by atomic mass is 10.1. The highest BCUT2D eigenvalue weighted by atomic mass is 16.3. The Hall–Kier alpha value is -1.12. The molecule has 0 aliphatic heterocycles. The van der Waals surface area contributed by atoms with E-state index >= 15 is 0 Å². The van der Waals surface area contributed by atoms with Crippen molar-refractivity contribution in [1.82, 2.24) is 0 Å². The Labute approximate surface area is 130 Å². The van der Waals surface area contributed by atoms with E-state index in [0.29, 0.717) is 0 Å². The molecule has 0 aliphatic carbocycles. The van der Waals surface area contributed by atoms with Gasteiger partial charge in [-0.05, 0) is 59.3 Å². The quantitative estimate of drug-likeness (QED) is 0.428. The maximum atomic E-state index is 8.92. The fourth-order valence-corrected chi connectivity index (χ4v) is 1.98. The molecular formula is C19H32O2. The van der Waals surface area contributed by atoms with E-state index in [-0.39, 0.29) is 13.2 Å². The molecular weight excluding hydrogens is 260 g/mol. The van der Waals surface area contributed by atoms with Crippen LogP contribution in [0.4, 0.5) is 0 Å². The van der Waals surface area contributed by atoms with Crippen LogP contribution in [0.3, 0.4) is 0 Å². The minimum Gasteiger partial charge on any atom is -0.392 e. The number of hydrogen-bond donors (Lipinski definition) is 2. The number of aliphatic hydroxyl groups excluding tert-OH is 2. The summed E-state index contributed by atoms with van der Waals surface area (Å²) in [5, 5.41) is 17.5. The predicted octanol–water partition coefficient (Wildman–Crippen LogP) is 4.71. The molecule has 2 heteroatoms. The molecule has 0 bridgehead atoms. The van der Waals surface area contributed by atoms with Crippen molar-refractivity contribution >= 4 is 0 Å². The van der Waals surface area contributed by atoms with Gasteiger partial charge in [0.1, 0.15) is 0 Å². The molecule has 21 heavy (non-hydrogen) atoms. The minimum atomic E-state index is 0.139. The third-order valence-corrected chi connectivity index (χ3v) is 3.41. The summed E-state index contributed by atoms with van der Waals surface area (Å²) >= 11 is 0. The van der Waals surface area contributed by atoms with E-state index in [2.05, 4.69) is 32.1 Å².